The summed E-state index contributed by atoms with van der Waals surface area (Å²) in [5.41, 5.74) is 0.744. The van der Waals surface area contributed by atoms with Crippen molar-refractivity contribution in [2.75, 3.05) is 0 Å². The van der Waals surface area contributed by atoms with E-state index in [4.69, 9.17) is 0 Å². The van der Waals surface area contributed by atoms with Gasteiger partial charge in [0.05, 0.1) is 26.5 Å². The first-order valence-electron chi connectivity index (χ1n) is 4.16. The van der Waals surface area contributed by atoms with Gasteiger partial charge >= 0.3 is 5.97 Å². The molecular formula is C6H13N3O2P4S. The average Bonchev–Trinajstić information content (AvgIpc) is 2.55. The standard InChI is InChI=1S/C6H13N3O2P4S/c10-6(11-15)4(9(13)14)1-3-5(16)8(12)2-7-3/h2,4,16H,1,12-15H2. The Morgan fingerprint density at radius 1 is 1.69 bits per heavy atom. The number of hydrogen-bond acceptors (Lipinski definition) is 5. The lowest BCUT2D eigenvalue weighted by Crippen LogP contribution is -2.31. The third-order valence-corrected chi connectivity index (χ3v) is 4.03. The number of thiol groups is 1. The minimum absolute atomic E-state index is 0.346. The predicted molar refractivity (Wildman–Crippen MR) is 79.1 cm³/mol. The Bertz CT molecular complexity index is 386. The molecule has 90 valence electrons. The summed E-state index contributed by atoms with van der Waals surface area (Å²) < 4.78 is 7.97. The molecule has 5 unspecified atom stereocenters. The fraction of sp³-hybridized carbons (Fsp3) is 0.333. The molecule has 1 heterocycles. The highest BCUT2D eigenvalue weighted by molar-refractivity contribution is 7.80. The minimum Gasteiger partial charge on any atom is -0.450 e. The first kappa shape index (κ1) is 14.8. The van der Waals surface area contributed by atoms with Crippen molar-refractivity contribution < 1.29 is 9.32 Å². The second kappa shape index (κ2) is 6.59. The second-order valence-electron chi connectivity index (χ2n) is 3.03. The van der Waals surface area contributed by atoms with Crippen molar-refractivity contribution in [3.8, 4) is 0 Å². The van der Waals surface area contributed by atoms with Crippen molar-refractivity contribution in [2.45, 2.75) is 17.5 Å². The molecule has 5 atom stereocenters. The molecule has 0 aliphatic heterocycles. The molecule has 0 amide bonds. The maximum Gasteiger partial charge on any atom is 0.326 e. The Labute approximate surface area is 109 Å². The molecule has 1 aromatic rings. The molecule has 0 saturated heterocycles. The van der Waals surface area contributed by atoms with E-state index < -0.39 is 6.04 Å². The van der Waals surface area contributed by atoms with Crippen molar-refractivity contribution in [3.05, 3.63) is 12.0 Å². The molecule has 10 heteroatoms. The van der Waals surface area contributed by atoms with E-state index in [0.29, 0.717) is 11.4 Å². The molecule has 1 rings (SSSR count). The van der Waals surface area contributed by atoms with E-state index in [2.05, 4.69) is 50.3 Å². The lowest BCUT2D eigenvalue weighted by molar-refractivity contribution is -0.136. The van der Waals surface area contributed by atoms with E-state index >= 15 is 0 Å². The zero-order valence-electron chi connectivity index (χ0n) is 8.28. The van der Waals surface area contributed by atoms with Crippen molar-refractivity contribution >= 4 is 56.2 Å². The van der Waals surface area contributed by atoms with Gasteiger partial charge in [0.15, 0.2) is 0 Å². The van der Waals surface area contributed by atoms with Crippen molar-refractivity contribution in [3.63, 3.8) is 0 Å². The van der Waals surface area contributed by atoms with Crippen LogP contribution >= 0.6 is 50.3 Å². The minimum atomic E-state index is -0.432. The predicted octanol–water partition coefficient (Wildman–Crippen LogP) is 0.937. The molecular weight excluding hydrogens is 302 g/mol. The summed E-state index contributed by atoms with van der Waals surface area (Å²) in [6.07, 6.45) is 2.06. The van der Waals surface area contributed by atoms with Gasteiger partial charge in [-0.15, -0.1) is 12.6 Å². The summed E-state index contributed by atoms with van der Waals surface area (Å²) in [5, 5.41) is 0.711. The van der Waals surface area contributed by atoms with E-state index in [0.717, 1.165) is 5.69 Å². The molecule has 0 fully saturated rings. The summed E-state index contributed by atoms with van der Waals surface area (Å²) in [6.45, 7) is 0. The van der Waals surface area contributed by atoms with Crippen molar-refractivity contribution in [1.82, 2.24) is 13.8 Å². The third kappa shape index (κ3) is 3.60. The van der Waals surface area contributed by atoms with Crippen LogP contribution in [0.5, 0.6) is 0 Å². The van der Waals surface area contributed by atoms with Crippen molar-refractivity contribution in [1.29, 1.82) is 0 Å². The van der Waals surface area contributed by atoms with Gasteiger partial charge in [-0.1, -0.05) is 18.8 Å². The Morgan fingerprint density at radius 2 is 2.31 bits per heavy atom. The highest BCUT2D eigenvalue weighted by atomic mass is 32.1. The average molecular weight is 315 g/mol. The van der Waals surface area contributed by atoms with Gasteiger partial charge < -0.3 is 8.86 Å². The summed E-state index contributed by atoms with van der Waals surface area (Å²) >= 11 is 4.29. The molecule has 0 spiro atoms. The molecule has 0 aliphatic rings. The summed E-state index contributed by atoms with van der Waals surface area (Å²) in [4.78, 5) is 15.7. The van der Waals surface area contributed by atoms with E-state index in [1.165, 1.54) is 0 Å². The van der Waals surface area contributed by atoms with Crippen LogP contribution in [0.4, 0.5) is 0 Å². The maximum atomic E-state index is 11.5. The van der Waals surface area contributed by atoms with Crippen LogP contribution in [0.1, 0.15) is 5.69 Å². The van der Waals surface area contributed by atoms with Gasteiger partial charge in [-0.25, -0.2) is 4.98 Å². The van der Waals surface area contributed by atoms with Crippen LogP contribution in [0.2, 0.25) is 0 Å². The lowest BCUT2D eigenvalue weighted by Gasteiger charge is -2.20. The largest absolute Gasteiger partial charge is 0.450 e. The van der Waals surface area contributed by atoms with Crippen LogP contribution in [0.15, 0.2) is 11.4 Å². The maximum absolute atomic E-state index is 11.5. The highest BCUT2D eigenvalue weighted by Gasteiger charge is 2.24. The molecule has 0 saturated carbocycles. The summed E-state index contributed by atoms with van der Waals surface area (Å²) in [7, 11) is 9.23. The van der Waals surface area contributed by atoms with Gasteiger partial charge in [0.25, 0.3) is 0 Å². The highest BCUT2D eigenvalue weighted by Crippen LogP contribution is 2.22. The molecule has 0 aromatic carbocycles. The van der Waals surface area contributed by atoms with Gasteiger partial charge in [-0.05, 0) is 9.39 Å². The third-order valence-electron chi connectivity index (χ3n) is 1.98. The Kier molecular flexibility index (Phi) is 6.08. The Balaban J connectivity index is 2.84. The number of carbonyl (C=O) groups excluding carboxylic acids is 1. The van der Waals surface area contributed by atoms with Crippen LogP contribution < -0.4 is 0 Å². The summed E-state index contributed by atoms with van der Waals surface area (Å²) in [5.74, 6) is -0.346. The zero-order chi connectivity index (χ0) is 12.3. The van der Waals surface area contributed by atoms with Gasteiger partial charge in [0.1, 0.15) is 6.04 Å². The number of aromatic nitrogens is 2. The van der Waals surface area contributed by atoms with Gasteiger partial charge in [-0.3, -0.25) is 9.24 Å². The molecule has 1 aromatic heterocycles. The second-order valence-corrected chi connectivity index (χ2v) is 6.03. The van der Waals surface area contributed by atoms with E-state index in [9.17, 15) is 4.79 Å². The topological polar surface area (TPSA) is 47.4 Å². The SMILES string of the molecule is O=C(OP)C(Cc1ncn(P)c1S)N(P)P. The van der Waals surface area contributed by atoms with Crippen LogP contribution in [0.3, 0.4) is 0 Å². The van der Waals surface area contributed by atoms with Crippen molar-refractivity contribution in [2.24, 2.45) is 0 Å². The van der Waals surface area contributed by atoms with E-state index in [-0.39, 0.29) is 5.97 Å². The number of carbonyl (C=O) groups is 1. The van der Waals surface area contributed by atoms with Crippen LogP contribution in [0.25, 0.3) is 0 Å². The Hall–Kier alpha value is 0.710. The zero-order valence-corrected chi connectivity index (χ0v) is 13.8. The number of rotatable bonds is 4. The Morgan fingerprint density at radius 3 is 2.69 bits per heavy atom. The van der Waals surface area contributed by atoms with E-state index in [1.54, 1.807) is 15.1 Å². The van der Waals surface area contributed by atoms with E-state index in [1.807, 2.05) is 9.47 Å². The molecule has 5 nitrogen and oxygen atoms in total. The summed E-state index contributed by atoms with van der Waals surface area (Å²) in [6, 6.07) is -0.432. The monoisotopic (exact) mass is 315 g/mol. The lowest BCUT2D eigenvalue weighted by atomic mass is 10.2. The molecule has 0 aliphatic carbocycles. The fourth-order valence-corrected chi connectivity index (χ4v) is 2.14. The number of imidazole rings is 1. The molecule has 0 radical (unpaired) electrons. The van der Waals surface area contributed by atoms with Crippen LogP contribution in [-0.2, 0) is 15.7 Å². The van der Waals surface area contributed by atoms with Crippen LogP contribution in [-0.4, -0.2) is 25.8 Å². The van der Waals surface area contributed by atoms with Crippen LogP contribution in [0, 0.1) is 0 Å². The molecule has 16 heavy (non-hydrogen) atoms. The number of nitrogens with zero attached hydrogens (tertiary/aromatic N) is 3. The molecule has 0 bridgehead atoms. The van der Waals surface area contributed by atoms with Gasteiger partial charge in [0, 0.05) is 6.42 Å². The smallest absolute Gasteiger partial charge is 0.326 e. The number of hydrogen-bond donors (Lipinski definition) is 1. The molecule has 0 N–H and O–H groups in total. The fourth-order valence-electron chi connectivity index (χ4n) is 1.11. The van der Waals surface area contributed by atoms with Gasteiger partial charge in [-0.2, -0.15) is 0 Å². The van der Waals surface area contributed by atoms with Gasteiger partial charge in [0.2, 0.25) is 0 Å². The first-order valence-corrected chi connectivity index (χ1v) is 6.63. The normalized spacial score (nSPS) is 12.9. The first-order chi connectivity index (χ1) is 7.47. The quantitative estimate of drug-likeness (QED) is 0.663.